The van der Waals surface area contributed by atoms with E-state index in [4.69, 9.17) is 11.6 Å². The van der Waals surface area contributed by atoms with E-state index in [1.165, 1.54) is 37.6 Å². The van der Waals surface area contributed by atoms with Gasteiger partial charge in [0.15, 0.2) is 0 Å². The van der Waals surface area contributed by atoms with Gasteiger partial charge >= 0.3 is 0 Å². The minimum atomic E-state index is -3.61. The molecule has 1 aromatic carbocycles. The summed E-state index contributed by atoms with van der Waals surface area (Å²) < 4.78 is 24.4. The van der Waals surface area contributed by atoms with Gasteiger partial charge in [-0.25, -0.2) is 8.42 Å². The fraction of sp³-hybridized carbons (Fsp3) is 0.222. The minimum Gasteiger partial charge on any atom is -0.289 e. The Hall–Kier alpha value is -0.910. The molecule has 0 saturated carbocycles. The van der Waals surface area contributed by atoms with Gasteiger partial charge in [0.1, 0.15) is 0 Å². The fourth-order valence-electron chi connectivity index (χ4n) is 0.962. The molecule has 0 unspecified atom stereocenters. The molecule has 15 heavy (non-hydrogen) atoms. The lowest BCUT2D eigenvalue weighted by atomic mass is 10.4. The second-order valence-electron chi connectivity index (χ2n) is 2.86. The van der Waals surface area contributed by atoms with Crippen LogP contribution in [0.2, 0.25) is 5.02 Å². The number of rotatable bonds is 4. The molecule has 0 aliphatic heterocycles. The molecule has 0 spiro atoms. The topological polar surface area (TPSA) is 54.5 Å². The zero-order valence-corrected chi connectivity index (χ0v) is 9.55. The van der Waals surface area contributed by atoms with Crippen LogP contribution in [0.25, 0.3) is 0 Å². The van der Waals surface area contributed by atoms with Crippen molar-refractivity contribution in [2.75, 3.05) is 13.6 Å². The number of carbonyl (C=O) groups excluding carboxylic acids is 1. The maximum atomic E-state index is 11.7. The lowest BCUT2D eigenvalue weighted by Crippen LogP contribution is -2.28. The molecule has 4 nitrogen and oxygen atoms in total. The lowest BCUT2D eigenvalue weighted by molar-refractivity contribution is 0.486. The molecule has 0 aromatic heterocycles. The molecule has 0 heterocycles. The number of hydrogen-bond donors (Lipinski definition) is 0. The van der Waals surface area contributed by atoms with E-state index >= 15 is 0 Å². The predicted octanol–water partition coefficient (Wildman–Crippen LogP) is 1.07. The standard InChI is InChI=1S/C9H9ClNO3S/c1-11(6-7-12)15(13,14)9-4-2-8(10)3-5-9/h2-5H,6H2,1H3. The van der Waals surface area contributed by atoms with Gasteiger partial charge in [-0.1, -0.05) is 11.6 Å². The van der Waals surface area contributed by atoms with Crippen LogP contribution in [0.15, 0.2) is 29.2 Å². The maximum Gasteiger partial charge on any atom is 0.243 e. The van der Waals surface area contributed by atoms with Gasteiger partial charge < -0.3 is 0 Å². The van der Waals surface area contributed by atoms with Crippen LogP contribution in [0.4, 0.5) is 0 Å². The van der Waals surface area contributed by atoms with Crippen LogP contribution in [0, 0.1) is 0 Å². The van der Waals surface area contributed by atoms with E-state index in [2.05, 4.69) is 0 Å². The molecule has 0 fully saturated rings. The Labute approximate surface area is 93.5 Å². The summed E-state index contributed by atoms with van der Waals surface area (Å²) in [7, 11) is -2.29. The molecule has 0 aliphatic carbocycles. The molecule has 0 atom stereocenters. The Balaban J connectivity index is 3.06. The van der Waals surface area contributed by atoms with Gasteiger partial charge in [-0.2, -0.15) is 4.31 Å². The maximum absolute atomic E-state index is 11.7. The van der Waals surface area contributed by atoms with Crippen LogP contribution >= 0.6 is 11.6 Å². The summed E-state index contributed by atoms with van der Waals surface area (Å²) in [5.74, 6) is 0. The predicted molar refractivity (Wildman–Crippen MR) is 57.0 cm³/mol. The molecule has 0 saturated heterocycles. The highest BCUT2D eigenvalue weighted by atomic mass is 35.5. The van der Waals surface area contributed by atoms with E-state index in [-0.39, 0.29) is 11.4 Å². The minimum absolute atomic E-state index is 0.102. The summed E-state index contributed by atoms with van der Waals surface area (Å²) in [6, 6.07) is 5.73. The van der Waals surface area contributed by atoms with Gasteiger partial charge in [-0.05, 0) is 24.3 Å². The largest absolute Gasteiger partial charge is 0.289 e. The van der Waals surface area contributed by atoms with Crippen molar-refractivity contribution < 1.29 is 13.2 Å². The molecule has 0 N–H and O–H groups in total. The van der Waals surface area contributed by atoms with Crippen molar-refractivity contribution in [1.29, 1.82) is 0 Å². The normalized spacial score (nSPS) is 11.7. The third kappa shape index (κ3) is 2.77. The first-order valence-electron chi connectivity index (χ1n) is 4.05. The molecule has 0 amide bonds. The SMILES string of the molecule is CN(C[C]=O)S(=O)(=O)c1ccc(Cl)cc1. The van der Waals surface area contributed by atoms with Gasteiger partial charge in [0.2, 0.25) is 16.3 Å². The third-order valence-corrected chi connectivity index (χ3v) is 3.88. The van der Waals surface area contributed by atoms with E-state index in [9.17, 15) is 13.2 Å². The Morgan fingerprint density at radius 2 is 1.87 bits per heavy atom. The van der Waals surface area contributed by atoms with Gasteiger partial charge in [-0.15, -0.1) is 0 Å². The summed E-state index contributed by atoms with van der Waals surface area (Å²) in [6.45, 7) is -0.287. The molecule has 1 radical (unpaired) electrons. The van der Waals surface area contributed by atoms with Crippen LogP contribution < -0.4 is 0 Å². The van der Waals surface area contributed by atoms with Crippen molar-refractivity contribution in [3.05, 3.63) is 29.3 Å². The summed E-state index contributed by atoms with van der Waals surface area (Å²) in [4.78, 5) is 10.2. The number of halogens is 1. The average molecular weight is 247 g/mol. The zero-order chi connectivity index (χ0) is 11.5. The highest BCUT2D eigenvalue weighted by molar-refractivity contribution is 7.89. The average Bonchev–Trinajstić information content (AvgIpc) is 2.18. The zero-order valence-electron chi connectivity index (χ0n) is 7.97. The van der Waals surface area contributed by atoms with Gasteiger partial charge in [0.05, 0.1) is 11.4 Å². The quantitative estimate of drug-likeness (QED) is 0.799. The first-order chi connectivity index (χ1) is 6.98. The molecule has 0 aliphatic rings. The highest BCUT2D eigenvalue weighted by Crippen LogP contribution is 2.16. The number of nitrogens with zero attached hydrogens (tertiary/aromatic N) is 1. The fourth-order valence-corrected chi connectivity index (χ4v) is 2.15. The second-order valence-corrected chi connectivity index (χ2v) is 5.34. The van der Waals surface area contributed by atoms with Crippen LogP contribution in [0.3, 0.4) is 0 Å². The summed E-state index contributed by atoms with van der Waals surface area (Å²) in [5.41, 5.74) is 0. The summed E-state index contributed by atoms with van der Waals surface area (Å²) in [5, 5.41) is 0.457. The number of hydrogen-bond acceptors (Lipinski definition) is 3. The van der Waals surface area contributed by atoms with Crippen LogP contribution in [0.1, 0.15) is 0 Å². The Morgan fingerprint density at radius 1 is 1.33 bits per heavy atom. The van der Waals surface area contributed by atoms with Crippen molar-refractivity contribution in [2.24, 2.45) is 0 Å². The molecule has 0 bridgehead atoms. The second kappa shape index (κ2) is 4.74. The molecule has 81 valence electrons. The molecular formula is C9H9ClNO3S. The number of likely N-dealkylation sites (N-methyl/N-ethyl adjacent to an activating group) is 1. The van der Waals surface area contributed by atoms with Gasteiger partial charge in [0.25, 0.3) is 0 Å². The van der Waals surface area contributed by atoms with E-state index in [1.807, 2.05) is 0 Å². The lowest BCUT2D eigenvalue weighted by Gasteiger charge is -2.13. The summed E-state index contributed by atoms with van der Waals surface area (Å²) in [6.07, 6.45) is 1.53. The molecular weight excluding hydrogens is 238 g/mol. The molecule has 1 rings (SSSR count). The molecule has 1 aromatic rings. The number of sulfonamides is 1. The van der Waals surface area contributed by atoms with E-state index in [0.717, 1.165) is 4.31 Å². The van der Waals surface area contributed by atoms with Crippen molar-refractivity contribution in [3.8, 4) is 0 Å². The first kappa shape index (κ1) is 12.2. The van der Waals surface area contributed by atoms with E-state index in [0.29, 0.717) is 5.02 Å². The Morgan fingerprint density at radius 3 is 2.33 bits per heavy atom. The van der Waals surface area contributed by atoms with Crippen molar-refractivity contribution in [1.82, 2.24) is 4.31 Å². The van der Waals surface area contributed by atoms with Crippen molar-refractivity contribution >= 4 is 27.9 Å². The monoisotopic (exact) mass is 246 g/mol. The van der Waals surface area contributed by atoms with Crippen molar-refractivity contribution in [3.63, 3.8) is 0 Å². The summed E-state index contributed by atoms with van der Waals surface area (Å²) >= 11 is 5.63. The smallest absolute Gasteiger partial charge is 0.243 e. The van der Waals surface area contributed by atoms with Crippen LogP contribution in [0.5, 0.6) is 0 Å². The highest BCUT2D eigenvalue weighted by Gasteiger charge is 2.19. The van der Waals surface area contributed by atoms with E-state index < -0.39 is 10.0 Å². The molecule has 6 heteroatoms. The Bertz CT molecular complexity index is 441. The van der Waals surface area contributed by atoms with E-state index in [1.54, 1.807) is 0 Å². The van der Waals surface area contributed by atoms with Gasteiger partial charge in [0, 0.05) is 12.1 Å². The van der Waals surface area contributed by atoms with Crippen LogP contribution in [-0.2, 0) is 14.8 Å². The first-order valence-corrected chi connectivity index (χ1v) is 5.87. The van der Waals surface area contributed by atoms with Crippen molar-refractivity contribution in [2.45, 2.75) is 4.90 Å². The Kier molecular flexibility index (Phi) is 3.84. The van der Waals surface area contributed by atoms with Gasteiger partial charge in [-0.3, -0.25) is 4.79 Å². The van der Waals surface area contributed by atoms with Crippen LogP contribution in [-0.4, -0.2) is 32.6 Å². The third-order valence-electron chi connectivity index (χ3n) is 1.81. The number of benzene rings is 1.